The van der Waals surface area contributed by atoms with E-state index in [0.29, 0.717) is 37.0 Å². The van der Waals surface area contributed by atoms with Gasteiger partial charge < -0.3 is 19.7 Å². The lowest BCUT2D eigenvalue weighted by molar-refractivity contribution is 0.171. The zero-order chi connectivity index (χ0) is 16.9. The molecule has 0 atom stereocenters. The molecule has 1 N–H and O–H groups in total. The standard InChI is InChI=1S/C18H19ClN2O3/c1-2-21(18(22)20-15-6-4-14(19)5-7-15)12-13-3-8-16-17(11-13)24-10-9-23-16/h3-8,11H,2,9-10,12H2,1H3,(H,20,22). The van der Waals surface area contributed by atoms with E-state index in [1.54, 1.807) is 29.2 Å². The number of hydrogen-bond acceptors (Lipinski definition) is 3. The van der Waals surface area contributed by atoms with Gasteiger partial charge in [0.2, 0.25) is 0 Å². The zero-order valence-electron chi connectivity index (χ0n) is 13.4. The molecule has 2 aromatic carbocycles. The number of rotatable bonds is 4. The largest absolute Gasteiger partial charge is 0.486 e. The van der Waals surface area contributed by atoms with Gasteiger partial charge in [-0.25, -0.2) is 4.79 Å². The predicted octanol–water partition coefficient (Wildman–Crippen LogP) is 4.17. The van der Waals surface area contributed by atoms with Crippen molar-refractivity contribution in [2.75, 3.05) is 25.1 Å². The van der Waals surface area contributed by atoms with E-state index in [-0.39, 0.29) is 6.03 Å². The average molecular weight is 347 g/mol. The minimum atomic E-state index is -0.158. The molecule has 0 unspecified atom stereocenters. The Balaban J connectivity index is 1.67. The topological polar surface area (TPSA) is 50.8 Å². The van der Waals surface area contributed by atoms with Gasteiger partial charge in [-0.15, -0.1) is 0 Å². The van der Waals surface area contributed by atoms with E-state index in [0.717, 1.165) is 17.1 Å². The summed E-state index contributed by atoms with van der Waals surface area (Å²) in [6, 6.07) is 12.6. The Kier molecular flexibility index (Phi) is 5.11. The van der Waals surface area contributed by atoms with Gasteiger partial charge in [0.25, 0.3) is 0 Å². The second kappa shape index (κ2) is 7.45. The molecule has 0 saturated carbocycles. The second-order valence-electron chi connectivity index (χ2n) is 5.43. The number of urea groups is 1. The van der Waals surface area contributed by atoms with Crippen LogP contribution in [0.3, 0.4) is 0 Å². The first-order valence-electron chi connectivity index (χ1n) is 7.85. The first kappa shape index (κ1) is 16.5. The number of amides is 2. The molecule has 0 saturated heterocycles. The number of nitrogens with one attached hydrogen (secondary N) is 1. The summed E-state index contributed by atoms with van der Waals surface area (Å²) in [6.07, 6.45) is 0. The Morgan fingerprint density at radius 2 is 1.83 bits per heavy atom. The van der Waals surface area contributed by atoms with Crippen molar-refractivity contribution < 1.29 is 14.3 Å². The van der Waals surface area contributed by atoms with Crippen molar-refractivity contribution in [3.05, 3.63) is 53.1 Å². The second-order valence-corrected chi connectivity index (χ2v) is 5.87. The molecule has 1 aliphatic rings. The summed E-state index contributed by atoms with van der Waals surface area (Å²) in [7, 11) is 0. The predicted molar refractivity (Wildman–Crippen MR) is 94.0 cm³/mol. The molecule has 1 aliphatic heterocycles. The van der Waals surface area contributed by atoms with Crippen LogP contribution in [0.1, 0.15) is 12.5 Å². The third-order valence-corrected chi connectivity index (χ3v) is 4.00. The quantitative estimate of drug-likeness (QED) is 0.904. The van der Waals surface area contributed by atoms with Crippen LogP contribution in [0.25, 0.3) is 0 Å². The molecular formula is C18H19ClN2O3. The lowest BCUT2D eigenvalue weighted by atomic mass is 10.2. The van der Waals surface area contributed by atoms with E-state index >= 15 is 0 Å². The van der Waals surface area contributed by atoms with Crippen molar-refractivity contribution in [1.82, 2.24) is 4.90 Å². The number of hydrogen-bond donors (Lipinski definition) is 1. The fraction of sp³-hybridized carbons (Fsp3) is 0.278. The Morgan fingerprint density at radius 1 is 1.12 bits per heavy atom. The minimum Gasteiger partial charge on any atom is -0.486 e. The number of carbonyl (C=O) groups excluding carboxylic acids is 1. The van der Waals surface area contributed by atoms with Crippen LogP contribution in [0.4, 0.5) is 10.5 Å². The maximum absolute atomic E-state index is 12.4. The van der Waals surface area contributed by atoms with Crippen LogP contribution >= 0.6 is 11.6 Å². The first-order valence-corrected chi connectivity index (χ1v) is 8.23. The first-order chi connectivity index (χ1) is 11.7. The lowest BCUT2D eigenvalue weighted by Gasteiger charge is -2.23. The average Bonchev–Trinajstić information content (AvgIpc) is 2.61. The van der Waals surface area contributed by atoms with Crippen molar-refractivity contribution in [2.45, 2.75) is 13.5 Å². The lowest BCUT2D eigenvalue weighted by Crippen LogP contribution is -2.34. The summed E-state index contributed by atoms with van der Waals surface area (Å²) in [4.78, 5) is 14.2. The fourth-order valence-corrected chi connectivity index (χ4v) is 2.60. The Hall–Kier alpha value is -2.40. The van der Waals surface area contributed by atoms with Crippen LogP contribution in [0.15, 0.2) is 42.5 Å². The normalized spacial score (nSPS) is 12.6. The number of fused-ring (bicyclic) bond motifs is 1. The Bertz CT molecular complexity index is 719. The maximum atomic E-state index is 12.4. The third kappa shape index (κ3) is 3.92. The van der Waals surface area contributed by atoms with Gasteiger partial charge in [0.1, 0.15) is 13.2 Å². The molecule has 24 heavy (non-hydrogen) atoms. The van der Waals surface area contributed by atoms with E-state index in [2.05, 4.69) is 5.32 Å². The van der Waals surface area contributed by atoms with Crippen molar-refractivity contribution in [3.63, 3.8) is 0 Å². The molecule has 5 nitrogen and oxygen atoms in total. The number of carbonyl (C=O) groups is 1. The van der Waals surface area contributed by atoms with E-state index < -0.39 is 0 Å². The molecule has 2 aromatic rings. The molecule has 0 aliphatic carbocycles. The molecule has 1 heterocycles. The smallest absolute Gasteiger partial charge is 0.322 e. The van der Waals surface area contributed by atoms with Crippen LogP contribution in [0.2, 0.25) is 5.02 Å². The Labute approximate surface area is 146 Å². The van der Waals surface area contributed by atoms with Gasteiger partial charge in [-0.3, -0.25) is 0 Å². The summed E-state index contributed by atoms with van der Waals surface area (Å²) < 4.78 is 11.1. The molecule has 6 heteroatoms. The highest BCUT2D eigenvalue weighted by atomic mass is 35.5. The number of nitrogens with zero attached hydrogens (tertiary/aromatic N) is 1. The maximum Gasteiger partial charge on any atom is 0.322 e. The van der Waals surface area contributed by atoms with Crippen LogP contribution in [-0.2, 0) is 6.54 Å². The van der Waals surface area contributed by atoms with E-state index in [1.165, 1.54) is 0 Å². The number of ether oxygens (including phenoxy) is 2. The SMILES string of the molecule is CCN(Cc1ccc2c(c1)OCCO2)C(=O)Nc1ccc(Cl)cc1. The number of benzene rings is 2. The van der Waals surface area contributed by atoms with E-state index in [4.69, 9.17) is 21.1 Å². The summed E-state index contributed by atoms with van der Waals surface area (Å²) in [5.41, 5.74) is 1.71. The summed E-state index contributed by atoms with van der Waals surface area (Å²) in [5.74, 6) is 1.48. The van der Waals surface area contributed by atoms with Crippen LogP contribution in [-0.4, -0.2) is 30.7 Å². The highest BCUT2D eigenvalue weighted by molar-refractivity contribution is 6.30. The molecule has 0 radical (unpaired) electrons. The van der Waals surface area contributed by atoms with Gasteiger partial charge >= 0.3 is 6.03 Å². The molecule has 0 fully saturated rings. The molecule has 0 aromatic heterocycles. The summed E-state index contributed by atoms with van der Waals surface area (Å²) in [6.45, 7) is 4.14. The highest BCUT2D eigenvalue weighted by Crippen LogP contribution is 2.31. The molecule has 126 valence electrons. The van der Waals surface area contributed by atoms with Crippen molar-refractivity contribution in [1.29, 1.82) is 0 Å². The van der Waals surface area contributed by atoms with Gasteiger partial charge in [0.15, 0.2) is 11.5 Å². The third-order valence-electron chi connectivity index (χ3n) is 3.74. The zero-order valence-corrected chi connectivity index (χ0v) is 14.2. The fourth-order valence-electron chi connectivity index (χ4n) is 2.47. The molecule has 0 bridgehead atoms. The highest BCUT2D eigenvalue weighted by Gasteiger charge is 2.16. The molecule has 0 spiro atoms. The molecule has 2 amide bonds. The van der Waals surface area contributed by atoms with Gasteiger partial charge in [0, 0.05) is 23.8 Å². The number of halogens is 1. The molecular weight excluding hydrogens is 328 g/mol. The van der Waals surface area contributed by atoms with Crippen LogP contribution in [0.5, 0.6) is 11.5 Å². The monoisotopic (exact) mass is 346 g/mol. The van der Waals surface area contributed by atoms with Crippen molar-refractivity contribution >= 4 is 23.3 Å². The summed E-state index contributed by atoms with van der Waals surface area (Å²) in [5, 5.41) is 3.51. The van der Waals surface area contributed by atoms with Crippen molar-refractivity contribution in [2.24, 2.45) is 0 Å². The van der Waals surface area contributed by atoms with E-state index in [9.17, 15) is 4.79 Å². The van der Waals surface area contributed by atoms with Gasteiger partial charge in [-0.1, -0.05) is 17.7 Å². The van der Waals surface area contributed by atoms with Gasteiger partial charge in [0.05, 0.1) is 0 Å². The minimum absolute atomic E-state index is 0.158. The van der Waals surface area contributed by atoms with Gasteiger partial charge in [-0.2, -0.15) is 0 Å². The van der Waals surface area contributed by atoms with Crippen LogP contribution in [0, 0.1) is 0 Å². The summed E-state index contributed by atoms with van der Waals surface area (Å²) >= 11 is 5.86. The van der Waals surface area contributed by atoms with Crippen molar-refractivity contribution in [3.8, 4) is 11.5 Å². The van der Waals surface area contributed by atoms with Crippen LogP contribution < -0.4 is 14.8 Å². The Morgan fingerprint density at radius 3 is 2.54 bits per heavy atom. The number of anilines is 1. The molecule has 3 rings (SSSR count). The van der Waals surface area contributed by atoms with Gasteiger partial charge in [-0.05, 0) is 48.9 Å². The van der Waals surface area contributed by atoms with E-state index in [1.807, 2.05) is 25.1 Å².